The highest BCUT2D eigenvalue weighted by atomic mass is 16.6. The second kappa shape index (κ2) is 9.68. The fourth-order valence-corrected chi connectivity index (χ4v) is 3.23. The monoisotopic (exact) mass is 455 g/mol. The lowest BCUT2D eigenvalue weighted by molar-refractivity contribution is -0.384. The Kier molecular flexibility index (Phi) is 6.95. The smallest absolute Gasteiger partial charge is 0.419 e. The number of carbonyl (C=O) groups excluding carboxylic acids is 2. The minimum absolute atomic E-state index is 0.00389. The quantitative estimate of drug-likeness (QED) is 0.310. The summed E-state index contributed by atoms with van der Waals surface area (Å²) in [5.74, 6) is -1.70. The highest BCUT2D eigenvalue weighted by Crippen LogP contribution is 2.23. The number of hydrogen-bond donors (Lipinski definition) is 1. The first-order valence-electron chi connectivity index (χ1n) is 10.4. The van der Waals surface area contributed by atoms with Crippen molar-refractivity contribution in [1.82, 2.24) is 4.57 Å². The van der Waals surface area contributed by atoms with Gasteiger partial charge < -0.3 is 14.5 Å². The summed E-state index contributed by atoms with van der Waals surface area (Å²) in [6.45, 7) is 6.02. The number of aryl methyl sites for hydroxylation is 1. The number of aromatic nitrogens is 1. The number of non-ortho nitro benzene ring substituents is 1. The van der Waals surface area contributed by atoms with Gasteiger partial charge in [-0.15, -0.1) is 0 Å². The van der Waals surface area contributed by atoms with Gasteiger partial charge in [0.25, 0.3) is 11.6 Å². The van der Waals surface area contributed by atoms with E-state index in [1.165, 1.54) is 22.8 Å². The van der Waals surface area contributed by atoms with E-state index in [9.17, 15) is 24.5 Å². The van der Waals surface area contributed by atoms with E-state index in [1.807, 2.05) is 12.1 Å². The Hall–Kier alpha value is -3.95. The topological polar surface area (TPSA) is 134 Å². The SMILES string of the molecule is CC(C)(C)c1ccc(NC(=O)COC(=O)CCCn2c(=O)oc3cc([N+](=O)[O-])ccc32)cc1. The first-order chi connectivity index (χ1) is 15.5. The van der Waals surface area contributed by atoms with Gasteiger partial charge in [-0.1, -0.05) is 32.9 Å². The van der Waals surface area contributed by atoms with Gasteiger partial charge in [0.05, 0.1) is 16.5 Å². The van der Waals surface area contributed by atoms with Gasteiger partial charge in [-0.25, -0.2) is 4.79 Å². The maximum atomic E-state index is 12.0. The molecule has 1 aromatic heterocycles. The third-order valence-corrected chi connectivity index (χ3v) is 5.02. The van der Waals surface area contributed by atoms with Crippen LogP contribution in [-0.2, 0) is 26.3 Å². The number of amides is 1. The lowest BCUT2D eigenvalue weighted by atomic mass is 9.87. The number of ether oxygens (including phenoxy) is 1. The molecular formula is C23H25N3O7. The number of esters is 1. The molecule has 1 heterocycles. The van der Waals surface area contributed by atoms with Crippen LogP contribution in [0.1, 0.15) is 39.2 Å². The van der Waals surface area contributed by atoms with Gasteiger partial charge in [0.1, 0.15) is 0 Å². The lowest BCUT2D eigenvalue weighted by Gasteiger charge is -2.19. The van der Waals surface area contributed by atoms with Crippen LogP contribution in [0.5, 0.6) is 0 Å². The number of hydrogen-bond acceptors (Lipinski definition) is 7. The second-order valence-corrected chi connectivity index (χ2v) is 8.57. The summed E-state index contributed by atoms with van der Waals surface area (Å²) in [7, 11) is 0. The van der Waals surface area contributed by atoms with Crippen molar-refractivity contribution in [1.29, 1.82) is 0 Å². The summed E-state index contributed by atoms with van der Waals surface area (Å²) in [6, 6.07) is 11.3. The van der Waals surface area contributed by atoms with E-state index in [2.05, 4.69) is 26.1 Å². The maximum Gasteiger partial charge on any atom is 0.419 e. The van der Waals surface area contributed by atoms with Gasteiger partial charge in [0, 0.05) is 24.7 Å². The van der Waals surface area contributed by atoms with Gasteiger partial charge in [-0.2, -0.15) is 0 Å². The molecule has 1 N–H and O–H groups in total. The summed E-state index contributed by atoms with van der Waals surface area (Å²) >= 11 is 0. The molecular weight excluding hydrogens is 430 g/mol. The molecule has 0 aliphatic rings. The third-order valence-electron chi connectivity index (χ3n) is 5.02. The Morgan fingerprint density at radius 1 is 1.15 bits per heavy atom. The van der Waals surface area contributed by atoms with Gasteiger partial charge in [-0.05, 0) is 35.6 Å². The summed E-state index contributed by atoms with van der Waals surface area (Å²) in [6.07, 6.45) is 0.250. The molecule has 3 aromatic rings. The number of benzene rings is 2. The highest BCUT2D eigenvalue weighted by molar-refractivity contribution is 5.92. The van der Waals surface area contributed by atoms with Crippen molar-refractivity contribution < 1.29 is 23.7 Å². The lowest BCUT2D eigenvalue weighted by Crippen LogP contribution is -2.21. The molecule has 0 aliphatic carbocycles. The van der Waals surface area contributed by atoms with E-state index in [-0.39, 0.29) is 36.1 Å². The molecule has 0 aliphatic heterocycles. The Balaban J connectivity index is 1.46. The zero-order valence-electron chi connectivity index (χ0n) is 18.6. The van der Waals surface area contributed by atoms with Crippen LogP contribution in [0, 0.1) is 10.1 Å². The molecule has 0 bridgehead atoms. The average molecular weight is 455 g/mol. The van der Waals surface area contributed by atoms with Crippen molar-refractivity contribution in [2.75, 3.05) is 11.9 Å². The van der Waals surface area contributed by atoms with Crippen LogP contribution < -0.4 is 11.1 Å². The fraction of sp³-hybridized carbons (Fsp3) is 0.348. The van der Waals surface area contributed by atoms with E-state index < -0.39 is 29.2 Å². The Labute approximate surface area is 189 Å². The van der Waals surface area contributed by atoms with Crippen LogP contribution in [0.4, 0.5) is 11.4 Å². The number of nitrogens with one attached hydrogen (secondary N) is 1. The molecule has 1 amide bonds. The number of nitro groups is 1. The average Bonchev–Trinajstić information content (AvgIpc) is 3.06. The minimum atomic E-state index is -0.671. The molecule has 3 rings (SSSR count). The van der Waals surface area contributed by atoms with Crippen LogP contribution >= 0.6 is 0 Å². The van der Waals surface area contributed by atoms with Crippen molar-refractivity contribution in [2.24, 2.45) is 0 Å². The van der Waals surface area contributed by atoms with Gasteiger partial charge in [-0.3, -0.25) is 24.3 Å². The van der Waals surface area contributed by atoms with Gasteiger partial charge in [0.2, 0.25) is 0 Å². The van der Waals surface area contributed by atoms with E-state index >= 15 is 0 Å². The number of rotatable bonds is 8. The van der Waals surface area contributed by atoms with Crippen molar-refractivity contribution in [3.05, 3.63) is 68.7 Å². The number of nitrogens with zero attached hydrogens (tertiary/aromatic N) is 2. The number of anilines is 1. The molecule has 0 fully saturated rings. The van der Waals surface area contributed by atoms with Gasteiger partial charge in [0.15, 0.2) is 12.2 Å². The van der Waals surface area contributed by atoms with Crippen molar-refractivity contribution >= 4 is 34.4 Å². The molecule has 0 atom stereocenters. The summed E-state index contributed by atoms with van der Waals surface area (Å²) in [4.78, 5) is 46.3. The largest absolute Gasteiger partial charge is 0.456 e. The fourth-order valence-electron chi connectivity index (χ4n) is 3.23. The summed E-state index contributed by atoms with van der Waals surface area (Å²) in [5.41, 5.74) is 2.06. The Bertz CT molecular complexity index is 1230. The van der Waals surface area contributed by atoms with E-state index in [1.54, 1.807) is 12.1 Å². The first kappa shape index (κ1) is 23.7. The summed E-state index contributed by atoms with van der Waals surface area (Å²) < 4.78 is 11.3. The molecule has 0 radical (unpaired) electrons. The molecule has 0 spiro atoms. The minimum Gasteiger partial charge on any atom is -0.456 e. The molecule has 10 heteroatoms. The molecule has 33 heavy (non-hydrogen) atoms. The molecule has 0 unspecified atom stereocenters. The van der Waals surface area contributed by atoms with E-state index in [0.717, 1.165) is 5.56 Å². The van der Waals surface area contributed by atoms with Crippen molar-refractivity contribution in [2.45, 2.75) is 45.6 Å². The van der Waals surface area contributed by atoms with Gasteiger partial charge >= 0.3 is 11.7 Å². The molecule has 10 nitrogen and oxygen atoms in total. The van der Waals surface area contributed by atoms with Crippen molar-refractivity contribution in [3.8, 4) is 0 Å². The first-order valence-corrected chi connectivity index (χ1v) is 10.4. The van der Waals surface area contributed by atoms with Crippen LogP contribution in [0.3, 0.4) is 0 Å². The molecule has 0 saturated heterocycles. The molecule has 0 saturated carbocycles. The Morgan fingerprint density at radius 3 is 2.48 bits per heavy atom. The predicted molar refractivity (Wildman–Crippen MR) is 121 cm³/mol. The molecule has 2 aromatic carbocycles. The zero-order chi connectivity index (χ0) is 24.2. The predicted octanol–water partition coefficient (Wildman–Crippen LogP) is 3.76. The van der Waals surface area contributed by atoms with Crippen LogP contribution in [0.25, 0.3) is 11.1 Å². The summed E-state index contributed by atoms with van der Waals surface area (Å²) in [5, 5.41) is 13.5. The van der Waals surface area contributed by atoms with Crippen molar-refractivity contribution in [3.63, 3.8) is 0 Å². The maximum absolute atomic E-state index is 12.0. The zero-order valence-corrected chi connectivity index (χ0v) is 18.6. The second-order valence-electron chi connectivity index (χ2n) is 8.57. The standard InChI is InChI=1S/C23H25N3O7/c1-23(2,3)15-6-8-16(9-7-15)24-20(27)14-32-21(28)5-4-12-25-18-11-10-17(26(30)31)13-19(18)33-22(25)29/h6-11,13H,4-5,12,14H2,1-3H3,(H,24,27). The third kappa shape index (κ3) is 6.06. The van der Waals surface area contributed by atoms with Crippen LogP contribution in [0.15, 0.2) is 51.7 Å². The number of fused-ring (bicyclic) bond motifs is 1. The number of carbonyl (C=O) groups is 2. The van der Waals surface area contributed by atoms with E-state index in [0.29, 0.717) is 11.2 Å². The molecule has 174 valence electrons. The highest BCUT2D eigenvalue weighted by Gasteiger charge is 2.16. The van der Waals surface area contributed by atoms with Crippen LogP contribution in [-0.4, -0.2) is 28.0 Å². The normalized spacial score (nSPS) is 11.4. The number of oxazole rings is 1. The van der Waals surface area contributed by atoms with Crippen LogP contribution in [0.2, 0.25) is 0 Å². The Morgan fingerprint density at radius 2 is 1.85 bits per heavy atom. The van der Waals surface area contributed by atoms with E-state index in [4.69, 9.17) is 9.15 Å². The number of nitro benzene ring substituents is 1.